The maximum atomic E-state index is 13.3. The predicted molar refractivity (Wildman–Crippen MR) is 69.6 cm³/mol. The van der Waals surface area contributed by atoms with Crippen molar-refractivity contribution < 1.29 is 12.3 Å². The van der Waals surface area contributed by atoms with Crippen LogP contribution in [0.2, 0.25) is 0 Å². The zero-order valence-corrected chi connectivity index (χ0v) is 11.0. The summed E-state index contributed by atoms with van der Waals surface area (Å²) < 4.78 is 35.7. The summed E-state index contributed by atoms with van der Waals surface area (Å²) >= 11 is 0. The molecule has 2 rings (SSSR count). The van der Waals surface area contributed by atoms with Gasteiger partial charge in [-0.05, 0) is 31.0 Å². The van der Waals surface area contributed by atoms with Crippen molar-refractivity contribution in [2.24, 2.45) is 0 Å². The lowest BCUT2D eigenvalue weighted by Crippen LogP contribution is -1.96. The highest BCUT2D eigenvalue weighted by molar-refractivity contribution is 7.86. The van der Waals surface area contributed by atoms with Gasteiger partial charge < -0.3 is 0 Å². The van der Waals surface area contributed by atoms with Gasteiger partial charge in [0.2, 0.25) is 0 Å². The van der Waals surface area contributed by atoms with Crippen molar-refractivity contribution in [3.8, 4) is 11.1 Å². The van der Waals surface area contributed by atoms with Crippen LogP contribution >= 0.6 is 0 Å². The Morgan fingerprint density at radius 3 is 2.00 bits per heavy atom. The predicted octanol–water partition coefficient (Wildman–Crippen LogP) is 3.63. The molecule has 2 nitrogen and oxygen atoms in total. The van der Waals surface area contributed by atoms with E-state index in [0.29, 0.717) is 16.7 Å². The standard InChI is InChI=1S/C14H13FO2S/c1-10-3-6-12(7-4-10)13-8-5-11(2)9-14(13)18(15,16)17/h3-9H,1-2H3. The van der Waals surface area contributed by atoms with Gasteiger partial charge >= 0.3 is 10.2 Å². The minimum absolute atomic E-state index is 0.272. The average Bonchev–Trinajstić information content (AvgIpc) is 2.29. The molecule has 0 aliphatic carbocycles. The van der Waals surface area contributed by atoms with E-state index in [0.717, 1.165) is 5.56 Å². The third-order valence-electron chi connectivity index (χ3n) is 2.76. The molecule has 0 spiro atoms. The summed E-state index contributed by atoms with van der Waals surface area (Å²) in [4.78, 5) is -0.272. The fraction of sp³-hybridized carbons (Fsp3) is 0.143. The summed E-state index contributed by atoms with van der Waals surface area (Å²) in [5, 5.41) is 0. The highest BCUT2D eigenvalue weighted by atomic mass is 32.3. The van der Waals surface area contributed by atoms with Crippen molar-refractivity contribution in [2.45, 2.75) is 18.7 Å². The van der Waals surface area contributed by atoms with Crippen LogP contribution in [-0.2, 0) is 10.2 Å². The zero-order chi connectivity index (χ0) is 13.3. The van der Waals surface area contributed by atoms with E-state index in [4.69, 9.17) is 0 Å². The second kappa shape index (κ2) is 4.53. The first kappa shape index (κ1) is 12.8. The number of hydrogen-bond acceptors (Lipinski definition) is 2. The van der Waals surface area contributed by atoms with Gasteiger partial charge in [-0.2, -0.15) is 8.42 Å². The number of aryl methyl sites for hydroxylation is 2. The van der Waals surface area contributed by atoms with Crippen LogP contribution < -0.4 is 0 Å². The summed E-state index contributed by atoms with van der Waals surface area (Å²) in [6.45, 7) is 3.67. The molecule has 0 heterocycles. The monoisotopic (exact) mass is 264 g/mol. The first-order valence-corrected chi connectivity index (χ1v) is 6.88. The van der Waals surface area contributed by atoms with E-state index in [-0.39, 0.29) is 4.90 Å². The summed E-state index contributed by atoms with van der Waals surface area (Å²) in [6, 6.07) is 12.1. The number of benzene rings is 2. The van der Waals surface area contributed by atoms with Crippen molar-refractivity contribution >= 4 is 10.2 Å². The number of hydrogen-bond donors (Lipinski definition) is 0. The molecule has 0 amide bonds. The van der Waals surface area contributed by atoms with Gasteiger partial charge in [0.05, 0.1) is 0 Å². The van der Waals surface area contributed by atoms with Crippen molar-refractivity contribution in [3.63, 3.8) is 0 Å². The molecule has 0 saturated heterocycles. The van der Waals surface area contributed by atoms with Gasteiger partial charge in [0.15, 0.2) is 0 Å². The third kappa shape index (κ3) is 2.59. The highest BCUT2D eigenvalue weighted by Crippen LogP contribution is 2.29. The topological polar surface area (TPSA) is 34.1 Å². The molecule has 0 atom stereocenters. The molecule has 0 bridgehead atoms. The van der Waals surface area contributed by atoms with Gasteiger partial charge in [-0.1, -0.05) is 42.0 Å². The van der Waals surface area contributed by atoms with E-state index in [9.17, 15) is 12.3 Å². The van der Waals surface area contributed by atoms with Crippen LogP contribution in [0.3, 0.4) is 0 Å². The molecule has 0 aliphatic rings. The molecule has 0 radical (unpaired) electrons. The summed E-state index contributed by atoms with van der Waals surface area (Å²) in [5.41, 5.74) is 2.86. The Kier molecular flexibility index (Phi) is 3.22. The lowest BCUT2D eigenvalue weighted by Gasteiger charge is -2.08. The molecule has 0 aliphatic heterocycles. The zero-order valence-electron chi connectivity index (χ0n) is 10.1. The van der Waals surface area contributed by atoms with Gasteiger partial charge in [0.25, 0.3) is 0 Å². The van der Waals surface area contributed by atoms with E-state index in [2.05, 4.69) is 0 Å². The molecule has 0 N–H and O–H groups in total. The second-order valence-electron chi connectivity index (χ2n) is 4.30. The van der Waals surface area contributed by atoms with Crippen molar-refractivity contribution in [1.82, 2.24) is 0 Å². The lowest BCUT2D eigenvalue weighted by atomic mass is 10.0. The Morgan fingerprint density at radius 1 is 0.889 bits per heavy atom. The summed E-state index contributed by atoms with van der Waals surface area (Å²) in [6.07, 6.45) is 0. The van der Waals surface area contributed by atoms with Crippen molar-refractivity contribution in [2.75, 3.05) is 0 Å². The number of halogens is 1. The van der Waals surface area contributed by atoms with Gasteiger partial charge in [0.1, 0.15) is 4.90 Å². The molecular formula is C14H13FO2S. The fourth-order valence-electron chi connectivity index (χ4n) is 1.80. The minimum Gasteiger partial charge on any atom is -0.189 e. The van der Waals surface area contributed by atoms with E-state index in [1.54, 1.807) is 31.2 Å². The molecular weight excluding hydrogens is 251 g/mol. The lowest BCUT2D eigenvalue weighted by molar-refractivity contribution is 0.552. The van der Waals surface area contributed by atoms with Crippen molar-refractivity contribution in [3.05, 3.63) is 53.6 Å². The second-order valence-corrected chi connectivity index (χ2v) is 5.62. The van der Waals surface area contributed by atoms with E-state index in [1.165, 1.54) is 6.07 Å². The maximum absolute atomic E-state index is 13.3. The Balaban J connectivity index is 2.68. The van der Waals surface area contributed by atoms with E-state index in [1.807, 2.05) is 19.1 Å². The average molecular weight is 264 g/mol. The van der Waals surface area contributed by atoms with Crippen LogP contribution in [0.5, 0.6) is 0 Å². The normalized spacial score (nSPS) is 11.5. The number of rotatable bonds is 2. The molecule has 0 saturated carbocycles. The molecule has 4 heteroatoms. The summed E-state index contributed by atoms with van der Waals surface area (Å²) in [5.74, 6) is 0. The van der Waals surface area contributed by atoms with E-state index >= 15 is 0 Å². The van der Waals surface area contributed by atoms with Gasteiger partial charge in [-0.15, -0.1) is 3.89 Å². The summed E-state index contributed by atoms with van der Waals surface area (Å²) in [7, 11) is -4.71. The van der Waals surface area contributed by atoms with Crippen LogP contribution in [-0.4, -0.2) is 8.42 Å². The van der Waals surface area contributed by atoms with Crippen LogP contribution in [0.25, 0.3) is 11.1 Å². The molecule has 0 fully saturated rings. The van der Waals surface area contributed by atoms with Gasteiger partial charge in [0, 0.05) is 5.56 Å². The third-order valence-corrected chi connectivity index (χ3v) is 3.63. The Hall–Kier alpha value is -1.68. The Labute approximate surface area is 106 Å². The fourth-order valence-corrected chi connectivity index (χ4v) is 2.58. The Morgan fingerprint density at radius 2 is 1.44 bits per heavy atom. The molecule has 2 aromatic rings. The minimum atomic E-state index is -4.71. The molecule has 0 aromatic heterocycles. The van der Waals surface area contributed by atoms with Crippen LogP contribution in [0.15, 0.2) is 47.4 Å². The molecule has 94 valence electrons. The highest BCUT2D eigenvalue weighted by Gasteiger charge is 2.18. The van der Waals surface area contributed by atoms with Gasteiger partial charge in [-0.25, -0.2) is 0 Å². The van der Waals surface area contributed by atoms with Crippen molar-refractivity contribution in [1.29, 1.82) is 0 Å². The molecule has 18 heavy (non-hydrogen) atoms. The smallest absolute Gasteiger partial charge is 0.189 e. The first-order valence-electron chi connectivity index (χ1n) is 5.50. The van der Waals surface area contributed by atoms with Crippen LogP contribution in [0.4, 0.5) is 3.89 Å². The largest absolute Gasteiger partial charge is 0.332 e. The Bertz CT molecular complexity index is 673. The molecule has 0 unspecified atom stereocenters. The van der Waals surface area contributed by atoms with Crippen LogP contribution in [0, 0.1) is 13.8 Å². The maximum Gasteiger partial charge on any atom is 0.332 e. The SMILES string of the molecule is Cc1ccc(-c2ccc(C)cc2S(=O)(=O)F)cc1. The molecule has 2 aromatic carbocycles. The van der Waals surface area contributed by atoms with E-state index < -0.39 is 10.2 Å². The quantitative estimate of drug-likeness (QED) is 0.776. The van der Waals surface area contributed by atoms with Gasteiger partial charge in [-0.3, -0.25) is 0 Å². The first-order chi connectivity index (χ1) is 8.38. The van der Waals surface area contributed by atoms with Crippen LogP contribution in [0.1, 0.15) is 11.1 Å².